The van der Waals surface area contributed by atoms with E-state index >= 15 is 0 Å². The average Bonchev–Trinajstić information content (AvgIpc) is 3.09. The van der Waals surface area contributed by atoms with Crippen LogP contribution in [0, 0.1) is 11.3 Å². The van der Waals surface area contributed by atoms with Gasteiger partial charge in [-0.25, -0.2) is 0 Å². The molecule has 2 N–H and O–H groups in total. The molecule has 0 spiro atoms. The lowest BCUT2D eigenvalue weighted by atomic mass is 9.92. The first kappa shape index (κ1) is 12.8. The van der Waals surface area contributed by atoms with Crippen molar-refractivity contribution >= 4 is 5.91 Å². The van der Waals surface area contributed by atoms with Crippen LogP contribution in [0.25, 0.3) is 0 Å². The van der Waals surface area contributed by atoms with Gasteiger partial charge in [0.1, 0.15) is 0 Å². The van der Waals surface area contributed by atoms with Crippen molar-refractivity contribution in [2.45, 2.75) is 26.7 Å². The number of amides is 1. The Balaban J connectivity index is 1.67. The summed E-state index contributed by atoms with van der Waals surface area (Å²) in [6.07, 6.45) is 2.55. The monoisotopic (exact) mass is 239 g/mol. The normalized spacial score (nSPS) is 23.7. The van der Waals surface area contributed by atoms with Crippen molar-refractivity contribution in [3.05, 3.63) is 0 Å². The summed E-state index contributed by atoms with van der Waals surface area (Å²) in [6, 6.07) is 0. The van der Waals surface area contributed by atoms with Crippen LogP contribution >= 0.6 is 0 Å². The minimum atomic E-state index is 0.193. The van der Waals surface area contributed by atoms with Gasteiger partial charge in [-0.1, -0.05) is 13.8 Å². The van der Waals surface area contributed by atoms with Gasteiger partial charge in [-0.2, -0.15) is 0 Å². The number of carbonyl (C=O) groups excluding carboxylic acids is 1. The van der Waals surface area contributed by atoms with Crippen LogP contribution in [0.1, 0.15) is 26.7 Å². The maximum atomic E-state index is 11.8. The van der Waals surface area contributed by atoms with Gasteiger partial charge in [-0.3, -0.25) is 9.69 Å². The fourth-order valence-electron chi connectivity index (χ4n) is 2.52. The summed E-state index contributed by atoms with van der Waals surface area (Å²) in [4.78, 5) is 14.1. The fraction of sp³-hybridized carbons (Fsp3) is 0.923. The molecule has 1 aliphatic heterocycles. The molecule has 1 saturated heterocycles. The first-order chi connectivity index (χ1) is 8.12. The molecule has 0 bridgehead atoms. The van der Waals surface area contributed by atoms with E-state index in [-0.39, 0.29) is 5.91 Å². The van der Waals surface area contributed by atoms with Gasteiger partial charge in [0.05, 0.1) is 6.54 Å². The third-order valence-electron chi connectivity index (χ3n) is 4.33. The Labute approximate surface area is 104 Å². The van der Waals surface area contributed by atoms with E-state index < -0.39 is 0 Å². The van der Waals surface area contributed by atoms with Crippen molar-refractivity contribution < 1.29 is 4.79 Å². The molecule has 0 aromatic rings. The summed E-state index contributed by atoms with van der Waals surface area (Å²) in [5, 5.41) is 6.41. The van der Waals surface area contributed by atoms with E-state index in [1.165, 1.54) is 12.8 Å². The van der Waals surface area contributed by atoms with Crippen molar-refractivity contribution in [2.75, 3.05) is 39.3 Å². The zero-order valence-corrected chi connectivity index (χ0v) is 11.1. The molecule has 0 radical (unpaired) electrons. The van der Waals surface area contributed by atoms with Crippen molar-refractivity contribution in [1.82, 2.24) is 15.5 Å². The molecule has 1 amide bonds. The van der Waals surface area contributed by atoms with E-state index in [2.05, 4.69) is 29.4 Å². The van der Waals surface area contributed by atoms with Crippen LogP contribution in [0.15, 0.2) is 0 Å². The van der Waals surface area contributed by atoms with E-state index in [1.807, 2.05) is 0 Å². The molecule has 1 aliphatic carbocycles. The summed E-state index contributed by atoms with van der Waals surface area (Å²) in [5.74, 6) is 0.876. The lowest BCUT2D eigenvalue weighted by Crippen LogP contribution is -2.48. The smallest absolute Gasteiger partial charge is 0.234 e. The molecule has 17 heavy (non-hydrogen) atoms. The predicted molar refractivity (Wildman–Crippen MR) is 68.8 cm³/mol. The molecule has 4 heteroatoms. The SMILES string of the molecule is CC(C)C1(CNC(=O)CN2CCNCC2)CC1. The largest absolute Gasteiger partial charge is 0.354 e. The zero-order valence-electron chi connectivity index (χ0n) is 11.1. The molecule has 98 valence electrons. The lowest BCUT2D eigenvalue weighted by molar-refractivity contribution is -0.122. The highest BCUT2D eigenvalue weighted by atomic mass is 16.2. The van der Waals surface area contributed by atoms with E-state index in [1.54, 1.807) is 0 Å². The maximum absolute atomic E-state index is 11.8. The topological polar surface area (TPSA) is 44.4 Å². The predicted octanol–water partition coefficient (Wildman–Crippen LogP) is 0.444. The maximum Gasteiger partial charge on any atom is 0.234 e. The van der Waals surface area contributed by atoms with Crippen LogP contribution in [0.4, 0.5) is 0 Å². The second-order valence-electron chi connectivity index (χ2n) is 5.82. The highest BCUT2D eigenvalue weighted by molar-refractivity contribution is 5.78. The summed E-state index contributed by atoms with van der Waals surface area (Å²) in [5.41, 5.74) is 0.416. The molecule has 2 fully saturated rings. The molecule has 4 nitrogen and oxygen atoms in total. The second-order valence-corrected chi connectivity index (χ2v) is 5.82. The van der Waals surface area contributed by atoms with Crippen LogP contribution in [-0.4, -0.2) is 50.1 Å². The minimum absolute atomic E-state index is 0.193. The van der Waals surface area contributed by atoms with Gasteiger partial charge in [0.25, 0.3) is 0 Å². The fourth-order valence-corrected chi connectivity index (χ4v) is 2.52. The molecule has 2 rings (SSSR count). The van der Waals surface area contributed by atoms with Crippen LogP contribution in [-0.2, 0) is 4.79 Å². The second kappa shape index (κ2) is 5.36. The number of hydrogen-bond donors (Lipinski definition) is 2. The van der Waals surface area contributed by atoms with Crippen molar-refractivity contribution in [2.24, 2.45) is 11.3 Å². The molecule has 1 saturated carbocycles. The Hall–Kier alpha value is -0.610. The Morgan fingerprint density at radius 1 is 1.35 bits per heavy atom. The quantitative estimate of drug-likeness (QED) is 0.732. The first-order valence-electron chi connectivity index (χ1n) is 6.82. The van der Waals surface area contributed by atoms with Gasteiger partial charge < -0.3 is 10.6 Å². The van der Waals surface area contributed by atoms with Crippen molar-refractivity contribution in [3.63, 3.8) is 0 Å². The summed E-state index contributed by atoms with van der Waals surface area (Å²) in [6.45, 7) is 9.94. The Bertz CT molecular complexity index is 268. The molecular formula is C13H25N3O. The van der Waals surface area contributed by atoms with Crippen LogP contribution in [0.5, 0.6) is 0 Å². The molecule has 0 aromatic carbocycles. The van der Waals surface area contributed by atoms with Gasteiger partial charge >= 0.3 is 0 Å². The summed E-state index contributed by atoms with van der Waals surface area (Å²) >= 11 is 0. The average molecular weight is 239 g/mol. The highest BCUT2D eigenvalue weighted by Crippen LogP contribution is 2.51. The van der Waals surface area contributed by atoms with Crippen LogP contribution < -0.4 is 10.6 Å². The zero-order chi connectivity index (χ0) is 12.3. The number of hydrogen-bond acceptors (Lipinski definition) is 3. The molecule has 1 heterocycles. The van der Waals surface area contributed by atoms with E-state index in [0.717, 1.165) is 32.7 Å². The highest BCUT2D eigenvalue weighted by Gasteiger charge is 2.45. The Kier molecular flexibility index (Phi) is 4.05. The van der Waals surface area contributed by atoms with Crippen molar-refractivity contribution in [3.8, 4) is 0 Å². The first-order valence-corrected chi connectivity index (χ1v) is 6.82. The molecule has 2 aliphatic rings. The number of carbonyl (C=O) groups is 1. The Morgan fingerprint density at radius 3 is 2.53 bits per heavy atom. The van der Waals surface area contributed by atoms with Gasteiger partial charge in [-0.15, -0.1) is 0 Å². The lowest BCUT2D eigenvalue weighted by Gasteiger charge is -2.27. The summed E-state index contributed by atoms with van der Waals surface area (Å²) in [7, 11) is 0. The standard InChI is InChI=1S/C13H25N3O/c1-11(2)13(3-4-13)10-15-12(17)9-16-7-5-14-6-8-16/h11,14H,3-10H2,1-2H3,(H,15,17). The Morgan fingerprint density at radius 2 is 2.00 bits per heavy atom. The number of rotatable bonds is 5. The minimum Gasteiger partial charge on any atom is -0.354 e. The van der Waals surface area contributed by atoms with E-state index in [0.29, 0.717) is 17.9 Å². The summed E-state index contributed by atoms with van der Waals surface area (Å²) < 4.78 is 0. The third kappa shape index (κ3) is 3.42. The molecule has 0 atom stereocenters. The van der Waals surface area contributed by atoms with Crippen LogP contribution in [0.2, 0.25) is 0 Å². The van der Waals surface area contributed by atoms with Gasteiger partial charge in [-0.05, 0) is 24.2 Å². The molecular weight excluding hydrogens is 214 g/mol. The van der Waals surface area contributed by atoms with Gasteiger partial charge in [0.15, 0.2) is 0 Å². The van der Waals surface area contributed by atoms with E-state index in [4.69, 9.17) is 0 Å². The number of nitrogens with one attached hydrogen (secondary N) is 2. The van der Waals surface area contributed by atoms with Gasteiger partial charge in [0, 0.05) is 32.7 Å². The van der Waals surface area contributed by atoms with E-state index in [9.17, 15) is 4.79 Å². The number of piperazine rings is 1. The molecule has 0 unspecified atom stereocenters. The van der Waals surface area contributed by atoms with Crippen LogP contribution in [0.3, 0.4) is 0 Å². The van der Waals surface area contributed by atoms with Gasteiger partial charge in [0.2, 0.25) is 5.91 Å². The number of nitrogens with zero attached hydrogens (tertiary/aromatic N) is 1. The molecule has 0 aromatic heterocycles. The van der Waals surface area contributed by atoms with Crippen molar-refractivity contribution in [1.29, 1.82) is 0 Å². The third-order valence-corrected chi connectivity index (χ3v) is 4.33.